The predicted molar refractivity (Wildman–Crippen MR) is 69.9 cm³/mol. The molecule has 88 valence electrons. The average Bonchev–Trinajstić information content (AvgIpc) is 2.90. The van der Waals surface area contributed by atoms with E-state index in [4.69, 9.17) is 4.42 Å². The van der Waals surface area contributed by atoms with Crippen molar-refractivity contribution in [3.8, 4) is 0 Å². The van der Waals surface area contributed by atoms with Crippen molar-refractivity contribution in [2.45, 2.75) is 18.8 Å². The Balaban J connectivity index is 1.82. The number of furan rings is 1. The van der Waals surface area contributed by atoms with Crippen LogP contribution in [0.5, 0.6) is 0 Å². The minimum atomic E-state index is -0.150. The summed E-state index contributed by atoms with van der Waals surface area (Å²) in [5, 5.41) is 9.39. The maximum Gasteiger partial charge on any atom is 0.260 e. The molecule has 2 N–H and O–H groups in total. The van der Waals surface area contributed by atoms with E-state index in [2.05, 4.69) is 38.1 Å². The quantitative estimate of drug-likeness (QED) is 0.842. The van der Waals surface area contributed by atoms with Gasteiger partial charge in [-0.1, -0.05) is 0 Å². The van der Waals surface area contributed by atoms with Gasteiger partial charge in [-0.2, -0.15) is 5.10 Å². The Morgan fingerprint density at radius 3 is 3.06 bits per heavy atom. The van der Waals surface area contributed by atoms with E-state index in [-0.39, 0.29) is 5.91 Å². The molecule has 0 unspecified atom stereocenters. The smallest absolute Gasteiger partial charge is 0.260 e. The van der Waals surface area contributed by atoms with Crippen LogP contribution in [-0.4, -0.2) is 16.1 Å². The number of anilines is 1. The number of rotatable bonds is 3. The maximum absolute atomic E-state index is 12.1. The number of H-pyrrole nitrogens is 1. The fraction of sp³-hybridized carbons (Fsp3) is 0.273. The molecule has 3 rings (SSSR count). The van der Waals surface area contributed by atoms with Crippen molar-refractivity contribution in [2.24, 2.45) is 0 Å². The van der Waals surface area contributed by atoms with Crippen molar-refractivity contribution < 1.29 is 9.21 Å². The highest BCUT2D eigenvalue weighted by Crippen LogP contribution is 2.42. The number of nitrogens with one attached hydrogen (secondary N) is 2. The first-order valence-corrected chi connectivity index (χ1v) is 6.41. The van der Waals surface area contributed by atoms with Gasteiger partial charge in [0, 0.05) is 5.92 Å². The standard InChI is InChI=1S/C11H10IN3O2/c12-8-5-13-15-10(8)14-11(16)7-3-4-17-9(7)6-1-2-6/h3-6H,1-2H2,(H2,13,14,15,16). The molecule has 2 heterocycles. The minimum Gasteiger partial charge on any atom is -0.468 e. The number of hydrogen-bond acceptors (Lipinski definition) is 3. The third kappa shape index (κ3) is 2.08. The summed E-state index contributed by atoms with van der Waals surface area (Å²) in [5.74, 6) is 1.70. The van der Waals surface area contributed by atoms with E-state index < -0.39 is 0 Å². The Kier molecular flexibility index (Phi) is 2.65. The second-order valence-corrected chi connectivity index (χ2v) is 5.18. The van der Waals surface area contributed by atoms with Gasteiger partial charge in [-0.25, -0.2) is 0 Å². The molecular formula is C11H10IN3O2. The van der Waals surface area contributed by atoms with Gasteiger partial charge in [-0.05, 0) is 41.5 Å². The number of carbonyl (C=O) groups is 1. The van der Waals surface area contributed by atoms with Crippen molar-refractivity contribution in [1.82, 2.24) is 10.2 Å². The molecule has 1 amide bonds. The molecule has 0 saturated heterocycles. The third-order valence-corrected chi connectivity index (χ3v) is 3.54. The van der Waals surface area contributed by atoms with E-state index in [1.165, 1.54) is 0 Å². The lowest BCUT2D eigenvalue weighted by molar-refractivity contribution is 0.102. The second kappa shape index (κ2) is 4.17. The van der Waals surface area contributed by atoms with Crippen LogP contribution in [0.2, 0.25) is 0 Å². The molecule has 1 aliphatic carbocycles. The van der Waals surface area contributed by atoms with Crippen LogP contribution in [0.25, 0.3) is 0 Å². The Bertz CT molecular complexity index is 557. The third-order valence-electron chi connectivity index (χ3n) is 2.72. The van der Waals surface area contributed by atoms with Gasteiger partial charge in [0.2, 0.25) is 0 Å². The van der Waals surface area contributed by atoms with Crippen LogP contribution in [0.3, 0.4) is 0 Å². The first-order valence-electron chi connectivity index (χ1n) is 5.33. The van der Waals surface area contributed by atoms with Gasteiger partial charge < -0.3 is 9.73 Å². The summed E-state index contributed by atoms with van der Waals surface area (Å²) in [6.45, 7) is 0. The predicted octanol–water partition coefficient (Wildman–Crippen LogP) is 2.74. The first kappa shape index (κ1) is 10.8. The summed E-state index contributed by atoms with van der Waals surface area (Å²) >= 11 is 2.11. The van der Waals surface area contributed by atoms with Crippen LogP contribution >= 0.6 is 22.6 Å². The number of carbonyl (C=O) groups excluding carboxylic acids is 1. The molecule has 0 atom stereocenters. The molecule has 17 heavy (non-hydrogen) atoms. The zero-order valence-electron chi connectivity index (χ0n) is 8.87. The number of aromatic nitrogens is 2. The Hall–Kier alpha value is -1.31. The Labute approximate surface area is 111 Å². The fourth-order valence-electron chi connectivity index (χ4n) is 1.71. The van der Waals surface area contributed by atoms with Crippen LogP contribution < -0.4 is 5.32 Å². The van der Waals surface area contributed by atoms with Crippen molar-refractivity contribution in [3.63, 3.8) is 0 Å². The first-order chi connectivity index (χ1) is 8.25. The van der Waals surface area contributed by atoms with E-state index in [1.54, 1.807) is 18.5 Å². The molecular weight excluding hydrogens is 333 g/mol. The number of amides is 1. The lowest BCUT2D eigenvalue weighted by Gasteiger charge is -2.02. The zero-order chi connectivity index (χ0) is 11.8. The molecule has 1 saturated carbocycles. The van der Waals surface area contributed by atoms with Crippen molar-refractivity contribution in [1.29, 1.82) is 0 Å². The lowest BCUT2D eigenvalue weighted by Crippen LogP contribution is -2.13. The summed E-state index contributed by atoms with van der Waals surface area (Å²) in [6.07, 6.45) is 5.44. The van der Waals surface area contributed by atoms with Gasteiger partial charge >= 0.3 is 0 Å². The summed E-state index contributed by atoms with van der Waals surface area (Å²) in [5.41, 5.74) is 0.623. The van der Waals surface area contributed by atoms with Crippen molar-refractivity contribution in [3.05, 3.63) is 33.4 Å². The fourth-order valence-corrected chi connectivity index (χ4v) is 2.10. The SMILES string of the molecule is O=C(Nc1[nH]ncc1I)c1ccoc1C1CC1. The summed E-state index contributed by atoms with van der Waals surface area (Å²) in [6, 6.07) is 1.71. The monoisotopic (exact) mass is 343 g/mol. The van der Waals surface area contributed by atoms with E-state index in [1.807, 2.05) is 0 Å². The second-order valence-electron chi connectivity index (χ2n) is 4.02. The number of nitrogens with zero attached hydrogens (tertiary/aromatic N) is 1. The molecule has 0 spiro atoms. The van der Waals surface area contributed by atoms with Gasteiger partial charge in [-0.3, -0.25) is 9.89 Å². The highest BCUT2D eigenvalue weighted by molar-refractivity contribution is 14.1. The van der Waals surface area contributed by atoms with E-state index in [0.717, 1.165) is 22.2 Å². The van der Waals surface area contributed by atoms with Crippen LogP contribution in [0, 0.1) is 3.57 Å². The van der Waals surface area contributed by atoms with Crippen LogP contribution in [0.4, 0.5) is 5.82 Å². The molecule has 1 aliphatic rings. The van der Waals surface area contributed by atoms with Gasteiger partial charge in [0.15, 0.2) is 0 Å². The highest BCUT2D eigenvalue weighted by atomic mass is 127. The van der Waals surface area contributed by atoms with Crippen molar-refractivity contribution in [2.75, 3.05) is 5.32 Å². The lowest BCUT2D eigenvalue weighted by atomic mass is 10.2. The summed E-state index contributed by atoms with van der Waals surface area (Å²) in [7, 11) is 0. The maximum atomic E-state index is 12.1. The van der Waals surface area contributed by atoms with Gasteiger partial charge in [0.1, 0.15) is 11.6 Å². The molecule has 2 aromatic rings. The Morgan fingerprint density at radius 2 is 2.41 bits per heavy atom. The van der Waals surface area contributed by atoms with E-state index in [0.29, 0.717) is 17.3 Å². The van der Waals surface area contributed by atoms with Crippen LogP contribution in [-0.2, 0) is 0 Å². The molecule has 0 aliphatic heterocycles. The molecule has 5 nitrogen and oxygen atoms in total. The normalized spacial score (nSPS) is 14.9. The molecule has 0 radical (unpaired) electrons. The summed E-state index contributed by atoms with van der Waals surface area (Å²) < 4.78 is 6.25. The van der Waals surface area contributed by atoms with Crippen molar-refractivity contribution >= 4 is 34.3 Å². The van der Waals surface area contributed by atoms with Gasteiger partial charge in [0.05, 0.1) is 21.6 Å². The van der Waals surface area contributed by atoms with Crippen LogP contribution in [0.1, 0.15) is 34.9 Å². The Morgan fingerprint density at radius 1 is 1.59 bits per heavy atom. The number of hydrogen-bond donors (Lipinski definition) is 2. The minimum absolute atomic E-state index is 0.150. The number of aromatic amines is 1. The average molecular weight is 343 g/mol. The largest absolute Gasteiger partial charge is 0.468 e. The van der Waals surface area contributed by atoms with E-state index >= 15 is 0 Å². The molecule has 0 aromatic carbocycles. The zero-order valence-corrected chi connectivity index (χ0v) is 11.0. The highest BCUT2D eigenvalue weighted by Gasteiger charge is 2.31. The van der Waals surface area contributed by atoms with E-state index in [9.17, 15) is 4.79 Å². The molecule has 2 aromatic heterocycles. The van der Waals surface area contributed by atoms with Gasteiger partial charge in [-0.15, -0.1) is 0 Å². The number of halogens is 1. The van der Waals surface area contributed by atoms with Gasteiger partial charge in [0.25, 0.3) is 5.91 Å². The molecule has 6 heteroatoms. The topological polar surface area (TPSA) is 70.9 Å². The summed E-state index contributed by atoms with van der Waals surface area (Å²) in [4.78, 5) is 12.1. The van der Waals surface area contributed by atoms with Crippen LogP contribution in [0.15, 0.2) is 22.9 Å². The molecule has 1 fully saturated rings. The molecule has 0 bridgehead atoms.